The van der Waals surface area contributed by atoms with Gasteiger partial charge in [-0.1, -0.05) is 0 Å². The highest BCUT2D eigenvalue weighted by atomic mass is 19.3. The third kappa shape index (κ3) is 2.44. The molecule has 0 amide bonds. The van der Waals surface area contributed by atoms with Gasteiger partial charge in [0, 0.05) is 5.56 Å². The molecule has 0 spiro atoms. The Bertz CT molecular complexity index is 511. The first-order chi connectivity index (χ1) is 8.20. The van der Waals surface area contributed by atoms with Crippen molar-refractivity contribution in [2.75, 3.05) is 0 Å². The molecule has 0 atom stereocenters. The highest BCUT2D eigenvalue weighted by Gasteiger charge is 2.10. The maximum atomic E-state index is 11.9. The average Bonchev–Trinajstić information content (AvgIpc) is 2.77. The van der Waals surface area contributed by atoms with Crippen LogP contribution in [-0.2, 0) is 0 Å². The smallest absolute Gasteiger partial charge is 0.387 e. The van der Waals surface area contributed by atoms with Crippen molar-refractivity contribution in [2.45, 2.75) is 6.61 Å². The molecule has 1 aromatic heterocycles. The first kappa shape index (κ1) is 11.2. The Morgan fingerprint density at radius 3 is 2.53 bits per heavy atom. The lowest BCUT2D eigenvalue weighted by molar-refractivity contribution is -0.0498. The highest BCUT2D eigenvalue weighted by Crippen LogP contribution is 2.22. The van der Waals surface area contributed by atoms with Crippen LogP contribution in [0.3, 0.4) is 0 Å². The van der Waals surface area contributed by atoms with Crippen molar-refractivity contribution in [3.63, 3.8) is 0 Å². The minimum absolute atomic E-state index is 0.0416. The lowest BCUT2D eigenvalue weighted by Crippen LogP contribution is -2.01. The Hall–Kier alpha value is -2.31. The summed E-state index contributed by atoms with van der Waals surface area (Å²) in [7, 11) is 0. The average molecular weight is 239 g/mol. The van der Waals surface area contributed by atoms with Gasteiger partial charge >= 0.3 is 6.61 Å². The second-order valence-electron chi connectivity index (χ2n) is 3.08. The molecule has 0 fully saturated rings. The zero-order valence-corrected chi connectivity index (χ0v) is 8.43. The van der Waals surface area contributed by atoms with E-state index in [2.05, 4.69) is 20.1 Å². The summed E-state index contributed by atoms with van der Waals surface area (Å²) in [5.74, 6) is 0.0416. The second kappa shape index (κ2) is 4.69. The summed E-state index contributed by atoms with van der Waals surface area (Å²) >= 11 is 0. The Labute approximate surface area is 94.4 Å². The summed E-state index contributed by atoms with van der Waals surface area (Å²) in [4.78, 5) is 10.6. The second-order valence-corrected chi connectivity index (χ2v) is 3.08. The standard InChI is InChI=1S/C10H7F2N3O2/c11-10(12)17-7-3-1-6(2-4-7)9-8(5-16)13-15-14-9/h1-5,10H,(H,13,14,15). The van der Waals surface area contributed by atoms with E-state index in [0.717, 1.165) is 0 Å². The van der Waals surface area contributed by atoms with Crippen molar-refractivity contribution < 1.29 is 18.3 Å². The van der Waals surface area contributed by atoms with Crippen LogP contribution >= 0.6 is 0 Å². The molecule has 5 nitrogen and oxygen atoms in total. The van der Waals surface area contributed by atoms with Crippen molar-refractivity contribution in [1.82, 2.24) is 15.4 Å². The molecule has 7 heteroatoms. The van der Waals surface area contributed by atoms with E-state index in [1.807, 2.05) is 0 Å². The van der Waals surface area contributed by atoms with Crippen molar-refractivity contribution in [3.05, 3.63) is 30.0 Å². The number of alkyl halides is 2. The van der Waals surface area contributed by atoms with Crippen molar-refractivity contribution in [1.29, 1.82) is 0 Å². The fraction of sp³-hybridized carbons (Fsp3) is 0.100. The van der Waals surface area contributed by atoms with Gasteiger partial charge in [0.25, 0.3) is 0 Å². The van der Waals surface area contributed by atoms with Crippen LogP contribution in [0.2, 0.25) is 0 Å². The molecule has 0 saturated carbocycles. The molecular weight excluding hydrogens is 232 g/mol. The summed E-state index contributed by atoms with van der Waals surface area (Å²) < 4.78 is 28.0. The van der Waals surface area contributed by atoms with Gasteiger partial charge in [-0.05, 0) is 24.3 Å². The number of halogens is 2. The van der Waals surface area contributed by atoms with Crippen LogP contribution in [0.15, 0.2) is 24.3 Å². The molecule has 0 aliphatic rings. The topological polar surface area (TPSA) is 67.9 Å². The summed E-state index contributed by atoms with van der Waals surface area (Å²) in [5, 5.41) is 9.73. The van der Waals surface area contributed by atoms with E-state index < -0.39 is 6.61 Å². The molecule has 17 heavy (non-hydrogen) atoms. The van der Waals surface area contributed by atoms with Gasteiger partial charge in [0.15, 0.2) is 12.0 Å². The van der Waals surface area contributed by atoms with Gasteiger partial charge in [0.1, 0.15) is 11.4 Å². The number of carbonyl (C=O) groups excluding carboxylic acids is 1. The molecule has 2 aromatic rings. The van der Waals surface area contributed by atoms with Crippen LogP contribution < -0.4 is 4.74 Å². The minimum Gasteiger partial charge on any atom is -0.435 e. The zero-order chi connectivity index (χ0) is 12.3. The normalized spacial score (nSPS) is 10.5. The molecule has 0 aliphatic carbocycles. The summed E-state index contributed by atoms with van der Waals surface area (Å²) in [6, 6.07) is 5.76. The van der Waals surface area contributed by atoms with Gasteiger partial charge in [-0.2, -0.15) is 24.2 Å². The maximum Gasteiger partial charge on any atom is 0.387 e. The van der Waals surface area contributed by atoms with Gasteiger partial charge in [-0.15, -0.1) is 0 Å². The predicted octanol–water partition coefficient (Wildman–Crippen LogP) is 1.89. The number of H-pyrrole nitrogens is 1. The number of aromatic nitrogens is 3. The fourth-order valence-corrected chi connectivity index (χ4v) is 1.33. The van der Waals surface area contributed by atoms with Gasteiger partial charge in [0.05, 0.1) is 0 Å². The fourth-order valence-electron chi connectivity index (χ4n) is 1.33. The van der Waals surface area contributed by atoms with Crippen LogP contribution in [0.1, 0.15) is 10.5 Å². The number of benzene rings is 1. The van der Waals surface area contributed by atoms with E-state index in [-0.39, 0.29) is 11.4 Å². The first-order valence-corrected chi connectivity index (χ1v) is 4.62. The summed E-state index contributed by atoms with van der Waals surface area (Å²) in [5.41, 5.74) is 1.11. The van der Waals surface area contributed by atoms with Gasteiger partial charge in [0.2, 0.25) is 0 Å². The van der Waals surface area contributed by atoms with Crippen LogP contribution in [0.5, 0.6) is 5.75 Å². The lowest BCUT2D eigenvalue weighted by Gasteiger charge is -2.04. The number of ether oxygens (including phenoxy) is 1. The molecule has 88 valence electrons. The molecule has 0 bridgehead atoms. The molecule has 0 aliphatic heterocycles. The van der Waals surface area contributed by atoms with Crippen molar-refractivity contribution >= 4 is 6.29 Å². The molecule has 1 heterocycles. The highest BCUT2D eigenvalue weighted by molar-refractivity contribution is 5.82. The summed E-state index contributed by atoms with van der Waals surface area (Å²) in [6.07, 6.45) is 0.558. The largest absolute Gasteiger partial charge is 0.435 e. The number of nitrogens with one attached hydrogen (secondary N) is 1. The number of nitrogens with zero attached hydrogens (tertiary/aromatic N) is 2. The Morgan fingerprint density at radius 1 is 1.24 bits per heavy atom. The Morgan fingerprint density at radius 2 is 1.94 bits per heavy atom. The number of hydrogen-bond donors (Lipinski definition) is 1. The van der Waals surface area contributed by atoms with E-state index in [4.69, 9.17) is 0 Å². The third-order valence-electron chi connectivity index (χ3n) is 2.04. The van der Waals surface area contributed by atoms with Crippen LogP contribution in [0, 0.1) is 0 Å². The molecule has 0 saturated heterocycles. The van der Waals surface area contributed by atoms with Crippen molar-refractivity contribution in [3.8, 4) is 17.0 Å². The molecule has 1 N–H and O–H groups in total. The van der Waals surface area contributed by atoms with Gasteiger partial charge in [-0.3, -0.25) is 4.79 Å². The minimum atomic E-state index is -2.86. The molecule has 2 rings (SSSR count). The third-order valence-corrected chi connectivity index (χ3v) is 2.04. The maximum absolute atomic E-state index is 11.9. The first-order valence-electron chi connectivity index (χ1n) is 4.62. The van der Waals surface area contributed by atoms with Crippen LogP contribution in [0.4, 0.5) is 8.78 Å². The van der Waals surface area contributed by atoms with Gasteiger partial charge < -0.3 is 4.74 Å². The number of aldehydes is 1. The molecule has 0 radical (unpaired) electrons. The molecular formula is C10H7F2N3O2. The Balaban J connectivity index is 2.26. The summed E-state index contributed by atoms with van der Waals surface area (Å²) in [6.45, 7) is -2.86. The van der Waals surface area contributed by atoms with Crippen LogP contribution in [0.25, 0.3) is 11.3 Å². The lowest BCUT2D eigenvalue weighted by atomic mass is 10.1. The predicted molar refractivity (Wildman–Crippen MR) is 53.8 cm³/mol. The zero-order valence-electron chi connectivity index (χ0n) is 8.43. The monoisotopic (exact) mass is 239 g/mol. The molecule has 1 aromatic carbocycles. The number of aromatic amines is 1. The number of hydrogen-bond acceptors (Lipinski definition) is 4. The van der Waals surface area contributed by atoms with Crippen LogP contribution in [-0.4, -0.2) is 28.3 Å². The van der Waals surface area contributed by atoms with E-state index in [1.165, 1.54) is 24.3 Å². The van der Waals surface area contributed by atoms with E-state index in [0.29, 0.717) is 17.5 Å². The van der Waals surface area contributed by atoms with E-state index in [1.54, 1.807) is 0 Å². The quantitative estimate of drug-likeness (QED) is 0.827. The molecule has 0 unspecified atom stereocenters. The number of rotatable bonds is 4. The van der Waals surface area contributed by atoms with Gasteiger partial charge in [-0.25, -0.2) is 0 Å². The Kier molecular flexibility index (Phi) is 3.08. The van der Waals surface area contributed by atoms with E-state index >= 15 is 0 Å². The van der Waals surface area contributed by atoms with Crippen molar-refractivity contribution in [2.24, 2.45) is 0 Å². The SMILES string of the molecule is O=Cc1n[nH]nc1-c1ccc(OC(F)F)cc1. The number of carbonyl (C=O) groups is 1. The van der Waals surface area contributed by atoms with E-state index in [9.17, 15) is 13.6 Å².